The van der Waals surface area contributed by atoms with Gasteiger partial charge in [-0.05, 0) is 74.0 Å². The Balaban J connectivity index is 1.78. The molecule has 0 bridgehead atoms. The molecule has 0 aliphatic carbocycles. The molecular formula is C24H20O5. The number of hydrogen-bond acceptors (Lipinski definition) is 5. The van der Waals surface area contributed by atoms with Gasteiger partial charge in [0.25, 0.3) is 0 Å². The van der Waals surface area contributed by atoms with Crippen molar-refractivity contribution in [2.45, 2.75) is 13.8 Å². The highest BCUT2D eigenvalue weighted by Gasteiger charge is 2.12. The minimum Gasteiger partial charge on any atom is -0.456 e. The largest absolute Gasteiger partial charge is 0.456 e. The Labute approximate surface area is 168 Å². The highest BCUT2D eigenvalue weighted by Crippen LogP contribution is 2.32. The lowest BCUT2D eigenvalue weighted by Crippen LogP contribution is -2.09. The average molecular weight is 388 g/mol. The maximum Gasteiger partial charge on any atom is 0.338 e. The molecule has 3 rings (SSSR count). The van der Waals surface area contributed by atoms with Crippen molar-refractivity contribution in [3.63, 3.8) is 0 Å². The van der Waals surface area contributed by atoms with E-state index in [4.69, 9.17) is 13.9 Å². The lowest BCUT2D eigenvalue weighted by Gasteiger charge is -2.08. The summed E-state index contributed by atoms with van der Waals surface area (Å²) in [5.74, 6) is 1.31. The summed E-state index contributed by atoms with van der Waals surface area (Å²) in [7, 11) is 0. The Morgan fingerprint density at radius 3 is 2.14 bits per heavy atom. The first kappa shape index (κ1) is 19.9. The molecule has 0 spiro atoms. The van der Waals surface area contributed by atoms with E-state index in [1.54, 1.807) is 37.3 Å². The van der Waals surface area contributed by atoms with Crippen molar-refractivity contribution in [2.24, 2.45) is 0 Å². The van der Waals surface area contributed by atoms with Crippen LogP contribution in [0, 0.1) is 6.92 Å². The molecule has 0 N–H and O–H groups in total. The van der Waals surface area contributed by atoms with Crippen molar-refractivity contribution in [1.82, 2.24) is 0 Å². The molecule has 0 saturated carbocycles. The Hall–Kier alpha value is -3.86. The second-order valence-electron chi connectivity index (χ2n) is 6.46. The van der Waals surface area contributed by atoms with Crippen LogP contribution in [0.3, 0.4) is 0 Å². The molecule has 0 amide bonds. The number of hydrogen-bond donors (Lipinski definition) is 0. The van der Waals surface area contributed by atoms with Gasteiger partial charge >= 0.3 is 11.9 Å². The van der Waals surface area contributed by atoms with E-state index in [0.717, 1.165) is 22.8 Å². The monoisotopic (exact) mass is 388 g/mol. The summed E-state index contributed by atoms with van der Waals surface area (Å²) in [6.07, 6.45) is 1.11. The molecular weight excluding hydrogens is 368 g/mol. The summed E-state index contributed by atoms with van der Waals surface area (Å²) in [5, 5.41) is 0. The number of carbonyl (C=O) groups is 2. The third-order valence-corrected chi connectivity index (χ3v) is 4.14. The second-order valence-corrected chi connectivity index (χ2v) is 6.46. The van der Waals surface area contributed by atoms with Crippen molar-refractivity contribution >= 4 is 11.9 Å². The van der Waals surface area contributed by atoms with Gasteiger partial charge in [0.05, 0.1) is 0 Å². The summed E-state index contributed by atoms with van der Waals surface area (Å²) in [6, 6.07) is 16.2. The fourth-order valence-electron chi connectivity index (χ4n) is 2.60. The van der Waals surface area contributed by atoms with E-state index in [9.17, 15) is 9.59 Å². The number of benzene rings is 2. The van der Waals surface area contributed by atoms with E-state index in [1.807, 2.05) is 31.2 Å². The van der Waals surface area contributed by atoms with E-state index in [2.05, 4.69) is 13.2 Å². The van der Waals surface area contributed by atoms with Gasteiger partial charge in [-0.25, -0.2) is 9.59 Å². The van der Waals surface area contributed by atoms with Crippen LogP contribution in [0.2, 0.25) is 0 Å². The van der Waals surface area contributed by atoms with E-state index in [1.165, 1.54) is 0 Å². The zero-order valence-electron chi connectivity index (χ0n) is 16.2. The molecule has 5 nitrogen and oxygen atoms in total. The summed E-state index contributed by atoms with van der Waals surface area (Å²) in [4.78, 5) is 23.0. The molecule has 146 valence electrons. The lowest BCUT2D eigenvalue weighted by atomic mass is 10.1. The van der Waals surface area contributed by atoms with Gasteiger partial charge < -0.3 is 13.9 Å². The number of rotatable bonds is 6. The molecule has 29 heavy (non-hydrogen) atoms. The molecule has 0 unspecified atom stereocenters. The summed E-state index contributed by atoms with van der Waals surface area (Å²) >= 11 is 0. The molecule has 0 fully saturated rings. The lowest BCUT2D eigenvalue weighted by molar-refractivity contribution is -0.130. The molecule has 1 heterocycles. The van der Waals surface area contributed by atoms with Crippen LogP contribution >= 0.6 is 0 Å². The van der Waals surface area contributed by atoms with Gasteiger partial charge in [0.2, 0.25) is 0 Å². The van der Waals surface area contributed by atoms with Gasteiger partial charge in [-0.3, -0.25) is 0 Å². The van der Waals surface area contributed by atoms with Gasteiger partial charge in [-0.2, -0.15) is 0 Å². The predicted octanol–water partition coefficient (Wildman–Crippen LogP) is 5.49. The normalized spacial score (nSPS) is 10.3. The third-order valence-electron chi connectivity index (χ3n) is 4.14. The van der Waals surface area contributed by atoms with Crippen molar-refractivity contribution in [1.29, 1.82) is 0 Å². The van der Waals surface area contributed by atoms with Crippen molar-refractivity contribution < 1.29 is 23.5 Å². The molecule has 5 heteroatoms. The summed E-state index contributed by atoms with van der Waals surface area (Å²) in [5.41, 5.74) is 2.86. The van der Waals surface area contributed by atoms with Crippen LogP contribution in [-0.2, 0) is 9.59 Å². The number of aryl methyl sites for hydroxylation is 1. The molecule has 3 aromatic rings. The van der Waals surface area contributed by atoms with E-state index >= 15 is 0 Å². The maximum atomic E-state index is 11.7. The van der Waals surface area contributed by atoms with Crippen molar-refractivity contribution in [2.75, 3.05) is 0 Å². The molecule has 1 aromatic heterocycles. The fraction of sp³-hybridized carbons (Fsp3) is 0.0833. The maximum absolute atomic E-state index is 11.7. The Morgan fingerprint density at radius 2 is 1.55 bits per heavy atom. The zero-order valence-corrected chi connectivity index (χ0v) is 16.2. The molecule has 0 radical (unpaired) electrons. The minimum absolute atomic E-state index is 0.342. The molecule has 0 aliphatic heterocycles. The Morgan fingerprint density at radius 1 is 0.931 bits per heavy atom. The van der Waals surface area contributed by atoms with Gasteiger partial charge in [0, 0.05) is 22.8 Å². The summed E-state index contributed by atoms with van der Waals surface area (Å²) < 4.78 is 16.3. The highest BCUT2D eigenvalue weighted by molar-refractivity contribution is 5.89. The van der Waals surface area contributed by atoms with Crippen LogP contribution in [0.15, 0.2) is 83.8 Å². The SMILES string of the molecule is C=CC(=O)Oc1ccc(-c2ccc(-c3ccc(OC(=O)C(=C)C)c(C)c3)o2)cc1. The first-order chi connectivity index (χ1) is 13.9. The topological polar surface area (TPSA) is 65.7 Å². The molecule has 0 saturated heterocycles. The first-order valence-electron chi connectivity index (χ1n) is 8.90. The Bertz CT molecular complexity index is 1090. The smallest absolute Gasteiger partial charge is 0.338 e. The van der Waals surface area contributed by atoms with Crippen LogP contribution in [-0.4, -0.2) is 11.9 Å². The molecule has 2 aromatic carbocycles. The van der Waals surface area contributed by atoms with Gasteiger partial charge in [0.15, 0.2) is 0 Å². The average Bonchev–Trinajstić information content (AvgIpc) is 3.20. The van der Waals surface area contributed by atoms with Crippen LogP contribution in [0.25, 0.3) is 22.6 Å². The zero-order chi connectivity index (χ0) is 21.0. The van der Waals surface area contributed by atoms with Gasteiger partial charge in [-0.15, -0.1) is 0 Å². The van der Waals surface area contributed by atoms with Crippen molar-refractivity contribution in [3.8, 4) is 34.1 Å². The third kappa shape index (κ3) is 4.71. The Kier molecular flexibility index (Phi) is 5.79. The summed E-state index contributed by atoms with van der Waals surface area (Å²) in [6.45, 7) is 10.4. The quantitative estimate of drug-likeness (QED) is 0.317. The minimum atomic E-state index is -0.509. The van der Waals surface area contributed by atoms with E-state index < -0.39 is 11.9 Å². The molecule has 0 aliphatic rings. The number of furan rings is 1. The van der Waals surface area contributed by atoms with Gasteiger partial charge in [-0.1, -0.05) is 13.2 Å². The van der Waals surface area contributed by atoms with E-state index in [0.29, 0.717) is 28.6 Å². The second kappa shape index (κ2) is 8.44. The number of esters is 2. The highest BCUT2D eigenvalue weighted by atomic mass is 16.5. The van der Waals surface area contributed by atoms with Crippen LogP contribution in [0.1, 0.15) is 12.5 Å². The first-order valence-corrected chi connectivity index (χ1v) is 8.90. The standard InChI is InChI=1S/C24H20O5/c1-5-23(25)27-19-9-6-17(7-10-19)21-12-13-22(28-21)18-8-11-20(16(4)14-18)29-24(26)15(2)3/h5-14H,1-2H2,3-4H3. The number of carbonyl (C=O) groups excluding carboxylic acids is 2. The van der Waals surface area contributed by atoms with Crippen LogP contribution in [0.4, 0.5) is 0 Å². The predicted molar refractivity (Wildman–Crippen MR) is 111 cm³/mol. The number of ether oxygens (including phenoxy) is 2. The van der Waals surface area contributed by atoms with Crippen LogP contribution in [0.5, 0.6) is 11.5 Å². The van der Waals surface area contributed by atoms with Crippen LogP contribution < -0.4 is 9.47 Å². The molecule has 0 atom stereocenters. The van der Waals surface area contributed by atoms with Gasteiger partial charge in [0.1, 0.15) is 23.0 Å². The van der Waals surface area contributed by atoms with E-state index in [-0.39, 0.29) is 0 Å². The fourth-order valence-corrected chi connectivity index (χ4v) is 2.60. The van der Waals surface area contributed by atoms with Crippen molar-refractivity contribution in [3.05, 3.63) is 85.0 Å².